The number of hydrogen-bond acceptors (Lipinski definition) is 5. The molecule has 4 heterocycles. The van der Waals surface area contributed by atoms with Gasteiger partial charge in [-0.3, -0.25) is 4.79 Å². The van der Waals surface area contributed by atoms with Gasteiger partial charge in [0.25, 0.3) is 5.91 Å². The lowest BCUT2D eigenvalue weighted by Gasteiger charge is -2.36. The summed E-state index contributed by atoms with van der Waals surface area (Å²) in [7, 11) is 0. The molecule has 1 unspecified atom stereocenters. The van der Waals surface area contributed by atoms with Crippen molar-refractivity contribution in [2.24, 2.45) is 0 Å². The molecule has 0 radical (unpaired) electrons. The fraction of sp³-hybridized carbons (Fsp3) is 0.458. The number of nitrogens with zero attached hydrogens (tertiary/aromatic N) is 3. The van der Waals surface area contributed by atoms with Crippen LogP contribution in [0.15, 0.2) is 24.4 Å². The molecule has 0 spiro atoms. The SMILES string of the molecule is Cc1c[nH]c2nnc(-c3cc4c(c([C@@H]5CCCN5)c3)CN(C(=O)C(C)(O)C(F)(F)F)CC4)cc12. The Labute approximate surface area is 194 Å². The lowest BCUT2D eigenvalue weighted by molar-refractivity contribution is -0.250. The predicted octanol–water partition coefficient (Wildman–Crippen LogP) is 3.56. The molecule has 0 saturated carbocycles. The molecule has 2 aliphatic heterocycles. The number of carbonyl (C=O) groups excluding carboxylic acids is 1. The van der Waals surface area contributed by atoms with Gasteiger partial charge in [-0.1, -0.05) is 0 Å². The Hall–Kier alpha value is -2.98. The van der Waals surface area contributed by atoms with Crippen molar-refractivity contribution in [3.8, 4) is 11.3 Å². The third kappa shape index (κ3) is 3.74. The van der Waals surface area contributed by atoms with E-state index in [9.17, 15) is 23.1 Å². The molecule has 1 saturated heterocycles. The zero-order valence-electron chi connectivity index (χ0n) is 19.0. The first-order valence-electron chi connectivity index (χ1n) is 11.4. The lowest BCUT2D eigenvalue weighted by Crippen LogP contribution is -2.56. The Kier molecular flexibility index (Phi) is 5.40. The number of hydrogen-bond donors (Lipinski definition) is 3. The second-order valence-corrected chi connectivity index (χ2v) is 9.36. The highest BCUT2D eigenvalue weighted by molar-refractivity contribution is 5.86. The molecule has 0 aliphatic carbocycles. The quantitative estimate of drug-likeness (QED) is 0.541. The van der Waals surface area contributed by atoms with E-state index in [2.05, 4.69) is 20.5 Å². The van der Waals surface area contributed by atoms with Crippen molar-refractivity contribution in [3.05, 3.63) is 46.6 Å². The minimum absolute atomic E-state index is 0.0236. The van der Waals surface area contributed by atoms with Crippen LogP contribution in [-0.4, -0.2) is 56.0 Å². The van der Waals surface area contributed by atoms with Crippen molar-refractivity contribution >= 4 is 16.9 Å². The Balaban J connectivity index is 1.55. The van der Waals surface area contributed by atoms with Gasteiger partial charge < -0.3 is 20.3 Å². The molecule has 0 bridgehead atoms. The number of aromatic amines is 1. The average molecular weight is 473 g/mol. The second-order valence-electron chi connectivity index (χ2n) is 9.36. The van der Waals surface area contributed by atoms with Gasteiger partial charge in [-0.05, 0) is 80.1 Å². The summed E-state index contributed by atoms with van der Waals surface area (Å²) >= 11 is 0. The van der Waals surface area contributed by atoms with Crippen LogP contribution in [0.3, 0.4) is 0 Å². The first-order chi connectivity index (χ1) is 16.1. The van der Waals surface area contributed by atoms with E-state index in [-0.39, 0.29) is 19.1 Å². The summed E-state index contributed by atoms with van der Waals surface area (Å²) in [6.45, 7) is 3.48. The van der Waals surface area contributed by atoms with E-state index in [4.69, 9.17) is 0 Å². The first-order valence-corrected chi connectivity index (χ1v) is 11.4. The normalized spacial score (nSPS) is 20.4. The van der Waals surface area contributed by atoms with Crippen LogP contribution < -0.4 is 5.32 Å². The van der Waals surface area contributed by atoms with Gasteiger partial charge in [0.1, 0.15) is 0 Å². The molecule has 5 rings (SSSR count). The highest BCUT2D eigenvalue weighted by Crippen LogP contribution is 2.38. The lowest BCUT2D eigenvalue weighted by atomic mass is 9.87. The number of benzene rings is 1. The zero-order valence-corrected chi connectivity index (χ0v) is 19.0. The van der Waals surface area contributed by atoms with Crippen molar-refractivity contribution in [2.45, 2.75) is 57.5 Å². The van der Waals surface area contributed by atoms with Crippen molar-refractivity contribution in [3.63, 3.8) is 0 Å². The molecular weight excluding hydrogens is 447 g/mol. The van der Waals surface area contributed by atoms with Crippen molar-refractivity contribution in [1.82, 2.24) is 25.4 Å². The smallest absolute Gasteiger partial charge is 0.373 e. The van der Waals surface area contributed by atoms with Crippen LogP contribution in [0.2, 0.25) is 0 Å². The zero-order chi connectivity index (χ0) is 24.3. The number of nitrogens with one attached hydrogen (secondary N) is 2. The van der Waals surface area contributed by atoms with Gasteiger partial charge in [-0.25, -0.2) is 0 Å². The van der Waals surface area contributed by atoms with Gasteiger partial charge >= 0.3 is 6.18 Å². The molecular formula is C24H26F3N5O2. The van der Waals surface area contributed by atoms with Crippen LogP contribution in [0.25, 0.3) is 22.3 Å². The van der Waals surface area contributed by atoms with E-state index in [1.54, 1.807) is 0 Å². The molecule has 7 nitrogen and oxygen atoms in total. The van der Waals surface area contributed by atoms with Crippen molar-refractivity contribution in [2.75, 3.05) is 13.1 Å². The molecule has 180 valence electrons. The van der Waals surface area contributed by atoms with E-state index >= 15 is 0 Å². The monoisotopic (exact) mass is 473 g/mol. The number of amides is 1. The van der Waals surface area contributed by atoms with E-state index < -0.39 is 17.7 Å². The largest absolute Gasteiger partial charge is 0.426 e. The maximum atomic E-state index is 13.3. The Morgan fingerprint density at radius 1 is 1.24 bits per heavy atom. The van der Waals surface area contributed by atoms with E-state index in [1.165, 1.54) is 0 Å². The van der Waals surface area contributed by atoms with Crippen LogP contribution in [0.4, 0.5) is 13.2 Å². The highest BCUT2D eigenvalue weighted by Gasteiger charge is 2.57. The number of fused-ring (bicyclic) bond motifs is 2. The van der Waals surface area contributed by atoms with Crippen LogP contribution in [-0.2, 0) is 17.8 Å². The first kappa shape index (κ1) is 22.8. The summed E-state index contributed by atoms with van der Waals surface area (Å²) in [5, 5.41) is 23.1. The minimum atomic E-state index is -5.04. The summed E-state index contributed by atoms with van der Waals surface area (Å²) in [4.78, 5) is 16.9. The maximum Gasteiger partial charge on any atom is 0.426 e. The number of aliphatic hydroxyl groups is 1. The maximum absolute atomic E-state index is 13.3. The summed E-state index contributed by atoms with van der Waals surface area (Å²) < 4.78 is 39.9. The summed E-state index contributed by atoms with van der Waals surface area (Å²) in [5.41, 5.74) is 2.74. The van der Waals surface area contributed by atoms with Gasteiger partial charge in [0.15, 0.2) is 5.65 Å². The van der Waals surface area contributed by atoms with Crippen LogP contribution in [0.1, 0.15) is 48.1 Å². The van der Waals surface area contributed by atoms with Crippen molar-refractivity contribution in [1.29, 1.82) is 0 Å². The molecule has 2 aromatic heterocycles. The molecule has 3 N–H and O–H groups in total. The molecule has 1 amide bonds. The van der Waals surface area contributed by atoms with E-state index in [1.807, 2.05) is 31.3 Å². The Morgan fingerprint density at radius 3 is 2.74 bits per heavy atom. The average Bonchev–Trinajstić information content (AvgIpc) is 3.47. The van der Waals surface area contributed by atoms with Gasteiger partial charge in [0, 0.05) is 36.3 Å². The predicted molar refractivity (Wildman–Crippen MR) is 120 cm³/mol. The van der Waals surface area contributed by atoms with Crippen LogP contribution in [0.5, 0.6) is 0 Å². The second kappa shape index (κ2) is 8.06. The standard InChI is InChI=1S/C24H26F3N5O2/c1-13-11-29-21-16(13)10-20(30-31-21)15-8-14-5-7-32(22(33)23(2,34)24(25,26)27)12-18(14)17(9-15)19-4-3-6-28-19/h8-11,19,28,34H,3-7,12H2,1-2H3,(H,29,31)/t19-,23?/m0/s1. The third-order valence-corrected chi connectivity index (χ3v) is 7.01. The van der Waals surface area contributed by atoms with Crippen molar-refractivity contribution < 1.29 is 23.1 Å². The number of rotatable bonds is 3. The fourth-order valence-electron chi connectivity index (χ4n) is 4.90. The van der Waals surface area contributed by atoms with Crippen LogP contribution >= 0.6 is 0 Å². The van der Waals surface area contributed by atoms with E-state index in [0.717, 1.165) is 63.2 Å². The summed E-state index contributed by atoms with van der Waals surface area (Å²) in [6, 6.07) is 6.03. The summed E-state index contributed by atoms with van der Waals surface area (Å²) in [6.07, 6.45) is -0.889. The number of aromatic nitrogens is 3. The molecule has 3 aromatic rings. The number of H-pyrrole nitrogens is 1. The van der Waals surface area contributed by atoms with Gasteiger partial charge in [-0.15, -0.1) is 10.2 Å². The molecule has 2 aliphatic rings. The Morgan fingerprint density at radius 2 is 2.03 bits per heavy atom. The van der Waals surface area contributed by atoms with Gasteiger partial charge in [0.2, 0.25) is 5.60 Å². The Bertz CT molecular complexity index is 1260. The third-order valence-electron chi connectivity index (χ3n) is 7.01. The van der Waals surface area contributed by atoms with Gasteiger partial charge in [0.05, 0.1) is 5.69 Å². The van der Waals surface area contributed by atoms with E-state index in [0.29, 0.717) is 19.0 Å². The van der Waals surface area contributed by atoms with Crippen LogP contribution in [0, 0.1) is 6.92 Å². The summed E-state index contributed by atoms with van der Waals surface area (Å²) in [5.74, 6) is -1.32. The number of alkyl halides is 3. The number of aryl methyl sites for hydroxylation is 1. The fourth-order valence-corrected chi connectivity index (χ4v) is 4.90. The molecule has 1 aromatic carbocycles. The minimum Gasteiger partial charge on any atom is -0.373 e. The number of carbonyl (C=O) groups is 1. The molecule has 34 heavy (non-hydrogen) atoms. The molecule has 2 atom stereocenters. The molecule has 1 fully saturated rings. The molecule has 10 heteroatoms. The number of halogens is 3. The highest BCUT2D eigenvalue weighted by atomic mass is 19.4. The topological polar surface area (TPSA) is 94.1 Å². The van der Waals surface area contributed by atoms with Gasteiger partial charge in [-0.2, -0.15) is 13.2 Å².